The van der Waals surface area contributed by atoms with Crippen LogP contribution in [0.15, 0.2) is 12.1 Å². The highest BCUT2D eigenvalue weighted by molar-refractivity contribution is 5.98. The number of rotatable bonds is 2. The second kappa shape index (κ2) is 5.14. The lowest BCUT2D eigenvalue weighted by Crippen LogP contribution is -2.39. The van der Waals surface area contributed by atoms with E-state index in [0.717, 1.165) is 25.2 Å². The van der Waals surface area contributed by atoms with Crippen molar-refractivity contribution in [3.63, 3.8) is 0 Å². The van der Waals surface area contributed by atoms with Crippen molar-refractivity contribution in [3.8, 4) is 0 Å². The fourth-order valence-electron chi connectivity index (χ4n) is 2.44. The fourth-order valence-corrected chi connectivity index (χ4v) is 2.44. The minimum Gasteiger partial charge on any atom is -0.316 e. The van der Waals surface area contributed by atoms with Crippen molar-refractivity contribution in [2.24, 2.45) is 11.8 Å². The van der Waals surface area contributed by atoms with Crippen LogP contribution in [0, 0.1) is 30.4 Å². The number of piperidine rings is 1. The van der Waals surface area contributed by atoms with E-state index in [0.29, 0.717) is 6.42 Å². The highest BCUT2D eigenvalue weighted by atomic mass is 19.1. The van der Waals surface area contributed by atoms with Crippen molar-refractivity contribution in [3.05, 3.63) is 34.9 Å². The summed E-state index contributed by atoms with van der Waals surface area (Å²) < 4.78 is 27.2. The van der Waals surface area contributed by atoms with Crippen LogP contribution in [0.3, 0.4) is 0 Å². The monoisotopic (exact) mass is 253 g/mol. The zero-order valence-corrected chi connectivity index (χ0v) is 10.6. The molecule has 1 fully saturated rings. The lowest BCUT2D eigenvalue weighted by molar-refractivity contribution is 0.0843. The number of nitrogens with one attached hydrogen (secondary N) is 1. The average molecular weight is 253 g/mol. The van der Waals surface area contributed by atoms with E-state index in [1.165, 1.54) is 6.92 Å². The van der Waals surface area contributed by atoms with Crippen LogP contribution in [0.1, 0.15) is 29.3 Å². The van der Waals surface area contributed by atoms with Gasteiger partial charge in [-0.2, -0.15) is 0 Å². The smallest absolute Gasteiger partial charge is 0.169 e. The maximum atomic E-state index is 13.8. The number of halogens is 2. The maximum absolute atomic E-state index is 13.8. The lowest BCUT2D eigenvalue weighted by atomic mass is 9.82. The van der Waals surface area contributed by atoms with Crippen LogP contribution in [-0.4, -0.2) is 18.9 Å². The molecule has 0 amide bonds. The predicted octanol–water partition coefficient (Wildman–Crippen LogP) is 2.70. The van der Waals surface area contributed by atoms with Crippen LogP contribution in [0.4, 0.5) is 8.78 Å². The quantitative estimate of drug-likeness (QED) is 0.821. The number of hydrogen-bond donors (Lipinski definition) is 1. The van der Waals surface area contributed by atoms with E-state index < -0.39 is 11.6 Å². The molecule has 2 unspecified atom stereocenters. The molecule has 4 heteroatoms. The Morgan fingerprint density at radius 3 is 2.72 bits per heavy atom. The van der Waals surface area contributed by atoms with Crippen LogP contribution in [-0.2, 0) is 0 Å². The van der Waals surface area contributed by atoms with Gasteiger partial charge >= 0.3 is 0 Å². The van der Waals surface area contributed by atoms with Crippen LogP contribution >= 0.6 is 0 Å². The van der Waals surface area contributed by atoms with Crippen LogP contribution in [0.25, 0.3) is 0 Å². The summed E-state index contributed by atoms with van der Waals surface area (Å²) in [6.07, 6.45) is 0.676. The third kappa shape index (κ3) is 2.43. The average Bonchev–Trinajstić information content (AvgIpc) is 2.33. The number of ketones is 1. The van der Waals surface area contributed by atoms with Crippen molar-refractivity contribution >= 4 is 5.78 Å². The molecule has 0 saturated carbocycles. The number of carbonyl (C=O) groups excluding carboxylic acids is 1. The Balaban J connectivity index is 2.30. The summed E-state index contributed by atoms with van der Waals surface area (Å²) in [5.74, 6) is -1.50. The van der Waals surface area contributed by atoms with E-state index in [2.05, 4.69) is 5.32 Å². The van der Waals surface area contributed by atoms with E-state index >= 15 is 0 Å². The first-order chi connectivity index (χ1) is 8.50. The van der Waals surface area contributed by atoms with Crippen LogP contribution in [0.2, 0.25) is 0 Å². The molecule has 2 rings (SSSR count). The molecule has 0 aliphatic carbocycles. The Kier molecular flexibility index (Phi) is 3.76. The molecule has 1 aliphatic rings. The largest absolute Gasteiger partial charge is 0.316 e. The minimum atomic E-state index is -0.621. The van der Waals surface area contributed by atoms with Crippen molar-refractivity contribution in [1.29, 1.82) is 0 Å². The predicted molar refractivity (Wildman–Crippen MR) is 65.6 cm³/mol. The van der Waals surface area contributed by atoms with Gasteiger partial charge in [0.25, 0.3) is 0 Å². The first-order valence-corrected chi connectivity index (χ1v) is 6.21. The molecular formula is C14H17F2NO. The van der Waals surface area contributed by atoms with Crippen LogP contribution < -0.4 is 5.32 Å². The van der Waals surface area contributed by atoms with Crippen molar-refractivity contribution in [2.45, 2.75) is 20.3 Å². The Morgan fingerprint density at radius 2 is 2.06 bits per heavy atom. The Hall–Kier alpha value is -1.29. The highest BCUT2D eigenvalue weighted by Gasteiger charge is 2.30. The first-order valence-electron chi connectivity index (χ1n) is 6.21. The molecule has 1 aliphatic heterocycles. The number of hydrogen-bond acceptors (Lipinski definition) is 2. The first kappa shape index (κ1) is 13.1. The zero-order valence-electron chi connectivity index (χ0n) is 10.6. The third-order valence-corrected chi connectivity index (χ3v) is 3.64. The van der Waals surface area contributed by atoms with E-state index in [1.807, 2.05) is 6.92 Å². The molecular weight excluding hydrogens is 236 g/mol. The highest BCUT2D eigenvalue weighted by Crippen LogP contribution is 2.25. The third-order valence-electron chi connectivity index (χ3n) is 3.64. The van der Waals surface area contributed by atoms with E-state index in [-0.39, 0.29) is 28.7 Å². The minimum absolute atomic E-state index is 0.114. The van der Waals surface area contributed by atoms with Crippen molar-refractivity contribution in [2.75, 3.05) is 13.1 Å². The summed E-state index contributed by atoms with van der Waals surface area (Å²) in [6.45, 7) is 4.93. The number of Topliss-reactive ketones (excluding diaryl/α,β-unsaturated/α-hetero) is 1. The number of aryl methyl sites for hydroxylation is 1. The molecule has 0 spiro atoms. The molecule has 0 aromatic heterocycles. The summed E-state index contributed by atoms with van der Waals surface area (Å²) in [6, 6.07) is 2.12. The van der Waals surface area contributed by atoms with E-state index in [9.17, 15) is 13.6 Å². The molecule has 2 nitrogen and oxygen atoms in total. The van der Waals surface area contributed by atoms with Gasteiger partial charge in [-0.05, 0) is 50.0 Å². The molecule has 1 aromatic rings. The van der Waals surface area contributed by atoms with Gasteiger partial charge in [0.15, 0.2) is 5.78 Å². The van der Waals surface area contributed by atoms with Crippen LogP contribution in [0.5, 0.6) is 0 Å². The molecule has 98 valence electrons. The van der Waals surface area contributed by atoms with Gasteiger partial charge in [-0.3, -0.25) is 4.79 Å². The molecule has 1 heterocycles. The van der Waals surface area contributed by atoms with Gasteiger partial charge in [0.2, 0.25) is 0 Å². The van der Waals surface area contributed by atoms with Gasteiger partial charge in [-0.25, -0.2) is 8.78 Å². The standard InChI is InChI=1S/C14H17F2NO/c1-8-5-13(16)11(6-12(8)15)14(18)10-3-4-17-7-9(10)2/h5-6,9-10,17H,3-4,7H2,1-2H3. The van der Waals surface area contributed by atoms with Gasteiger partial charge in [-0.15, -0.1) is 0 Å². The van der Waals surface area contributed by atoms with Gasteiger partial charge in [0.1, 0.15) is 11.6 Å². The van der Waals surface area contributed by atoms with Gasteiger partial charge < -0.3 is 5.32 Å². The lowest BCUT2D eigenvalue weighted by Gasteiger charge is -2.28. The Labute approximate surface area is 105 Å². The number of benzene rings is 1. The molecule has 1 N–H and O–H groups in total. The molecule has 18 heavy (non-hydrogen) atoms. The van der Waals surface area contributed by atoms with Gasteiger partial charge in [-0.1, -0.05) is 6.92 Å². The SMILES string of the molecule is Cc1cc(F)c(C(=O)C2CCNCC2C)cc1F. The summed E-state index contributed by atoms with van der Waals surface area (Å²) in [5.41, 5.74) is 0.110. The summed E-state index contributed by atoms with van der Waals surface area (Å²) in [5, 5.41) is 3.19. The summed E-state index contributed by atoms with van der Waals surface area (Å²) in [4.78, 5) is 12.3. The van der Waals surface area contributed by atoms with Crippen molar-refractivity contribution < 1.29 is 13.6 Å². The van der Waals surface area contributed by atoms with Crippen molar-refractivity contribution in [1.82, 2.24) is 5.32 Å². The maximum Gasteiger partial charge on any atom is 0.169 e. The molecule has 1 aromatic carbocycles. The second-order valence-corrected chi connectivity index (χ2v) is 5.02. The van der Waals surface area contributed by atoms with Gasteiger partial charge in [0.05, 0.1) is 5.56 Å². The second-order valence-electron chi connectivity index (χ2n) is 5.02. The topological polar surface area (TPSA) is 29.1 Å². The fraction of sp³-hybridized carbons (Fsp3) is 0.500. The van der Waals surface area contributed by atoms with Gasteiger partial charge in [0, 0.05) is 5.92 Å². The van der Waals surface area contributed by atoms with E-state index in [4.69, 9.17) is 0 Å². The summed E-state index contributed by atoms with van der Waals surface area (Å²) >= 11 is 0. The van der Waals surface area contributed by atoms with E-state index in [1.54, 1.807) is 0 Å². The Bertz CT molecular complexity index is 473. The number of carbonyl (C=O) groups is 1. The molecule has 0 radical (unpaired) electrons. The molecule has 0 bridgehead atoms. The normalized spacial score (nSPS) is 24.0. The molecule has 1 saturated heterocycles. The summed E-state index contributed by atoms with van der Waals surface area (Å²) in [7, 11) is 0. The zero-order chi connectivity index (χ0) is 13.3. The Morgan fingerprint density at radius 1 is 1.33 bits per heavy atom. The molecule has 2 atom stereocenters.